The van der Waals surface area contributed by atoms with Gasteiger partial charge in [0.1, 0.15) is 15.6 Å². The first kappa shape index (κ1) is 22.1. The molecule has 1 atom stereocenters. The number of aromatic nitrogens is 2. The van der Waals surface area contributed by atoms with Gasteiger partial charge in [0.15, 0.2) is 0 Å². The molecule has 2 aromatic heterocycles. The highest BCUT2D eigenvalue weighted by molar-refractivity contribution is 7.15. The van der Waals surface area contributed by atoms with Crippen molar-refractivity contribution in [3.05, 3.63) is 117 Å². The molecule has 0 fully saturated rings. The summed E-state index contributed by atoms with van der Waals surface area (Å²) in [4.78, 5) is 12.4. The molecule has 3 nitrogen and oxygen atoms in total. The van der Waals surface area contributed by atoms with E-state index in [2.05, 4.69) is 44.2 Å². The molecule has 6 rings (SSSR count). The van der Waals surface area contributed by atoms with E-state index in [1.807, 2.05) is 61.5 Å². The van der Waals surface area contributed by atoms with Gasteiger partial charge >= 0.3 is 0 Å². The molecule has 1 aliphatic rings. The van der Waals surface area contributed by atoms with Gasteiger partial charge in [-0.25, -0.2) is 9.97 Å². The fourth-order valence-corrected chi connectivity index (χ4v) is 6.75. The minimum atomic E-state index is -1.18. The lowest BCUT2D eigenvalue weighted by Crippen LogP contribution is -2.21. The van der Waals surface area contributed by atoms with Crippen molar-refractivity contribution in [2.75, 3.05) is 0 Å². The Kier molecular flexibility index (Phi) is 5.29. The lowest BCUT2D eigenvalue weighted by molar-refractivity contribution is 0.125. The SMILES string of the molecule is Cc1sc(-c2ccccc2)nc1C1=C(c2nc(-c3ccccc3)sc2C)[C@](C)(O)c2ccccc21. The van der Waals surface area contributed by atoms with Gasteiger partial charge in [0.05, 0.1) is 11.4 Å². The summed E-state index contributed by atoms with van der Waals surface area (Å²) in [7, 11) is 0. The van der Waals surface area contributed by atoms with Crippen molar-refractivity contribution in [1.82, 2.24) is 9.97 Å². The molecule has 0 spiro atoms. The number of hydrogen-bond donors (Lipinski definition) is 1. The summed E-state index contributed by atoms with van der Waals surface area (Å²) >= 11 is 3.35. The van der Waals surface area contributed by atoms with Gasteiger partial charge < -0.3 is 5.11 Å². The van der Waals surface area contributed by atoms with E-state index in [4.69, 9.17) is 9.97 Å². The van der Waals surface area contributed by atoms with E-state index >= 15 is 0 Å². The lowest BCUT2D eigenvalue weighted by atomic mass is 9.90. The fraction of sp³-hybridized carbons (Fsp3) is 0.133. The van der Waals surface area contributed by atoms with Crippen LogP contribution in [0.3, 0.4) is 0 Å². The second kappa shape index (κ2) is 8.38. The van der Waals surface area contributed by atoms with E-state index in [-0.39, 0.29) is 0 Å². The van der Waals surface area contributed by atoms with Crippen LogP contribution >= 0.6 is 22.7 Å². The van der Waals surface area contributed by atoms with Crippen molar-refractivity contribution < 1.29 is 5.11 Å². The summed E-state index contributed by atoms with van der Waals surface area (Å²) < 4.78 is 0. The maximum atomic E-state index is 12.0. The van der Waals surface area contributed by atoms with E-state index in [0.717, 1.165) is 64.6 Å². The summed E-state index contributed by atoms with van der Waals surface area (Å²) in [6.07, 6.45) is 0. The topological polar surface area (TPSA) is 46.0 Å². The van der Waals surface area contributed by atoms with Crippen LogP contribution in [0.2, 0.25) is 0 Å². The van der Waals surface area contributed by atoms with Crippen LogP contribution in [-0.2, 0) is 5.60 Å². The highest BCUT2D eigenvalue weighted by Gasteiger charge is 2.43. The van der Waals surface area contributed by atoms with Crippen LogP contribution in [0.25, 0.3) is 32.3 Å². The molecule has 2 heterocycles. The fourth-order valence-electron chi connectivity index (χ4n) is 4.90. The Balaban J connectivity index is 1.61. The van der Waals surface area contributed by atoms with Crippen molar-refractivity contribution in [3.63, 3.8) is 0 Å². The molecule has 5 aromatic rings. The van der Waals surface area contributed by atoms with Crippen LogP contribution in [0.4, 0.5) is 0 Å². The van der Waals surface area contributed by atoms with E-state index < -0.39 is 5.60 Å². The van der Waals surface area contributed by atoms with E-state index in [9.17, 15) is 5.11 Å². The number of benzene rings is 3. The van der Waals surface area contributed by atoms with Crippen LogP contribution < -0.4 is 0 Å². The number of aliphatic hydroxyl groups is 1. The summed E-state index contributed by atoms with van der Waals surface area (Å²) in [6, 6.07) is 28.6. The molecule has 0 radical (unpaired) electrons. The molecular weight excluding hydrogens is 468 g/mol. The maximum absolute atomic E-state index is 12.0. The number of hydrogen-bond acceptors (Lipinski definition) is 5. The van der Waals surface area contributed by atoms with Crippen LogP contribution in [0.5, 0.6) is 0 Å². The molecule has 35 heavy (non-hydrogen) atoms. The average molecular weight is 493 g/mol. The second-order valence-electron chi connectivity index (χ2n) is 8.95. The summed E-state index contributed by atoms with van der Waals surface area (Å²) in [6.45, 7) is 6.09. The smallest absolute Gasteiger partial charge is 0.124 e. The van der Waals surface area contributed by atoms with Gasteiger partial charge in [-0.3, -0.25) is 0 Å². The van der Waals surface area contributed by atoms with Crippen molar-refractivity contribution in [3.8, 4) is 21.1 Å². The number of aryl methyl sites for hydroxylation is 2. The van der Waals surface area contributed by atoms with Crippen molar-refractivity contribution in [1.29, 1.82) is 0 Å². The van der Waals surface area contributed by atoms with Gasteiger partial charge in [0.25, 0.3) is 0 Å². The van der Waals surface area contributed by atoms with Crippen LogP contribution in [0.1, 0.15) is 39.2 Å². The van der Waals surface area contributed by atoms with E-state index in [1.165, 1.54) is 0 Å². The zero-order chi connectivity index (χ0) is 24.2. The predicted octanol–water partition coefficient (Wildman–Crippen LogP) is 7.73. The lowest BCUT2D eigenvalue weighted by Gasteiger charge is -2.22. The molecule has 0 amide bonds. The normalized spacial score (nSPS) is 17.1. The third-order valence-corrected chi connectivity index (χ3v) is 8.61. The Hall–Kier alpha value is -3.38. The Morgan fingerprint density at radius 2 is 1.14 bits per heavy atom. The van der Waals surface area contributed by atoms with Gasteiger partial charge in [-0.2, -0.15) is 0 Å². The van der Waals surface area contributed by atoms with Crippen molar-refractivity contribution in [2.45, 2.75) is 26.4 Å². The standard InChI is InChI=1S/C30H24N2OS2/c1-18-26(31-28(34-18)20-12-6-4-7-13-20)24-22-16-10-11-17-23(22)30(3,33)25(24)27-19(2)35-29(32-27)21-14-8-5-9-15-21/h4-17,33H,1-3H3/t30-/m1/s1. The quantitative estimate of drug-likeness (QED) is 0.279. The van der Waals surface area contributed by atoms with Crippen molar-refractivity contribution in [2.24, 2.45) is 0 Å². The first-order valence-electron chi connectivity index (χ1n) is 11.6. The zero-order valence-electron chi connectivity index (χ0n) is 19.7. The van der Waals surface area contributed by atoms with E-state index in [1.54, 1.807) is 22.7 Å². The summed E-state index contributed by atoms with van der Waals surface area (Å²) in [5, 5.41) is 13.9. The largest absolute Gasteiger partial charge is 0.381 e. The van der Waals surface area contributed by atoms with Crippen LogP contribution in [0.15, 0.2) is 84.9 Å². The number of rotatable bonds is 4. The summed E-state index contributed by atoms with van der Waals surface area (Å²) in [5.74, 6) is 0. The molecule has 3 aromatic carbocycles. The molecule has 0 bridgehead atoms. The second-order valence-corrected chi connectivity index (χ2v) is 11.4. The first-order chi connectivity index (χ1) is 16.9. The molecule has 0 aliphatic heterocycles. The molecule has 0 unspecified atom stereocenters. The van der Waals surface area contributed by atoms with E-state index in [0.29, 0.717) is 0 Å². The van der Waals surface area contributed by atoms with Gasteiger partial charge in [-0.15, -0.1) is 22.7 Å². The van der Waals surface area contributed by atoms with Crippen molar-refractivity contribution >= 4 is 33.8 Å². The Morgan fingerprint density at radius 1 is 0.657 bits per heavy atom. The monoisotopic (exact) mass is 492 g/mol. The minimum absolute atomic E-state index is 0.836. The predicted molar refractivity (Wildman–Crippen MR) is 147 cm³/mol. The molecule has 172 valence electrons. The Bertz CT molecular complexity index is 1580. The third kappa shape index (κ3) is 3.59. The maximum Gasteiger partial charge on any atom is 0.124 e. The molecule has 1 N–H and O–H groups in total. The van der Waals surface area contributed by atoms with Crippen LogP contribution in [0, 0.1) is 13.8 Å². The molecule has 0 saturated carbocycles. The summed E-state index contributed by atoms with van der Waals surface area (Å²) in [5.41, 5.74) is 6.51. The van der Waals surface area contributed by atoms with Gasteiger partial charge in [-0.1, -0.05) is 84.9 Å². The third-order valence-electron chi connectivity index (χ3n) is 6.57. The number of thiazole rings is 2. The first-order valence-corrected chi connectivity index (χ1v) is 13.2. The van der Waals surface area contributed by atoms with Gasteiger partial charge in [0, 0.05) is 32.0 Å². The molecular formula is C30H24N2OS2. The highest BCUT2D eigenvalue weighted by Crippen LogP contribution is 2.53. The number of nitrogens with zero attached hydrogens (tertiary/aromatic N) is 2. The molecule has 0 saturated heterocycles. The average Bonchev–Trinajstić information content (AvgIpc) is 3.52. The van der Waals surface area contributed by atoms with Gasteiger partial charge in [0.2, 0.25) is 0 Å². The zero-order valence-corrected chi connectivity index (χ0v) is 21.4. The van der Waals surface area contributed by atoms with Gasteiger partial charge in [-0.05, 0) is 31.9 Å². The molecule has 1 aliphatic carbocycles. The minimum Gasteiger partial charge on any atom is -0.381 e. The Labute approximate surface area is 213 Å². The number of fused-ring (bicyclic) bond motifs is 1. The molecule has 5 heteroatoms. The van der Waals surface area contributed by atoms with Crippen LogP contribution in [-0.4, -0.2) is 15.1 Å². The Morgan fingerprint density at radius 3 is 1.74 bits per heavy atom. The highest BCUT2D eigenvalue weighted by atomic mass is 32.1.